The van der Waals surface area contributed by atoms with Crippen molar-refractivity contribution in [2.75, 3.05) is 11.9 Å². The molecule has 2 amide bonds. The van der Waals surface area contributed by atoms with Crippen LogP contribution < -0.4 is 15.4 Å². The Morgan fingerprint density at radius 1 is 1.16 bits per heavy atom. The Morgan fingerprint density at radius 2 is 2.03 bits per heavy atom. The topological polar surface area (TPSA) is 127 Å². The van der Waals surface area contributed by atoms with E-state index in [0.717, 1.165) is 53.7 Å². The summed E-state index contributed by atoms with van der Waals surface area (Å²) < 4.78 is 13.1. The van der Waals surface area contributed by atoms with Crippen LogP contribution in [0.5, 0.6) is 11.6 Å². The second-order valence-corrected chi connectivity index (χ2v) is 10.2. The highest BCUT2D eigenvalue weighted by atomic mass is 16.5. The van der Waals surface area contributed by atoms with Gasteiger partial charge in [0.25, 0.3) is 0 Å². The van der Waals surface area contributed by atoms with E-state index >= 15 is 0 Å². The molecule has 0 bridgehead atoms. The van der Waals surface area contributed by atoms with E-state index in [9.17, 15) is 9.59 Å². The second-order valence-electron chi connectivity index (χ2n) is 10.2. The number of anilines is 1. The summed E-state index contributed by atoms with van der Waals surface area (Å²) in [6, 6.07) is 8.78. The number of hydrogen-bond acceptors (Lipinski definition) is 8. The number of nitrogens with one attached hydrogen (secondary N) is 2. The Morgan fingerprint density at radius 3 is 2.82 bits per heavy atom. The quantitative estimate of drug-likeness (QED) is 0.413. The average Bonchev–Trinajstić information content (AvgIpc) is 3.47. The van der Waals surface area contributed by atoms with E-state index in [1.165, 1.54) is 10.9 Å². The molecule has 11 nitrogen and oxygen atoms in total. The summed E-state index contributed by atoms with van der Waals surface area (Å²) >= 11 is 0. The molecule has 7 rings (SSSR count). The largest absolute Gasteiger partial charge is 0.439 e. The minimum Gasteiger partial charge on any atom is -0.439 e. The van der Waals surface area contributed by atoms with Crippen molar-refractivity contribution in [1.29, 1.82) is 0 Å². The Labute approximate surface area is 218 Å². The zero-order valence-corrected chi connectivity index (χ0v) is 20.9. The van der Waals surface area contributed by atoms with Gasteiger partial charge in [-0.2, -0.15) is 0 Å². The summed E-state index contributed by atoms with van der Waals surface area (Å²) in [5.74, 6) is 2.87. The molecule has 1 aliphatic carbocycles. The second kappa shape index (κ2) is 8.95. The zero-order valence-electron chi connectivity index (χ0n) is 20.9. The molecule has 1 aromatic carbocycles. The molecule has 0 spiro atoms. The van der Waals surface area contributed by atoms with E-state index in [0.29, 0.717) is 36.3 Å². The molecule has 11 heteroatoms. The van der Waals surface area contributed by atoms with Crippen LogP contribution in [0, 0.1) is 0 Å². The van der Waals surface area contributed by atoms with Crippen molar-refractivity contribution in [3.63, 3.8) is 0 Å². The van der Waals surface area contributed by atoms with Gasteiger partial charge < -0.3 is 19.5 Å². The maximum atomic E-state index is 12.9. The van der Waals surface area contributed by atoms with Crippen LogP contribution >= 0.6 is 0 Å². The number of nitrogens with zero attached hydrogens (tertiary/aromatic N) is 5. The molecule has 2 aliphatic heterocycles. The van der Waals surface area contributed by atoms with E-state index in [2.05, 4.69) is 25.8 Å². The van der Waals surface area contributed by atoms with E-state index in [1.54, 1.807) is 12.3 Å². The van der Waals surface area contributed by atoms with Gasteiger partial charge >= 0.3 is 6.03 Å². The van der Waals surface area contributed by atoms with Crippen molar-refractivity contribution in [1.82, 2.24) is 29.9 Å². The van der Waals surface area contributed by atoms with Crippen LogP contribution in [0.3, 0.4) is 0 Å². The third-order valence-electron chi connectivity index (χ3n) is 7.59. The van der Waals surface area contributed by atoms with Crippen molar-refractivity contribution in [3.05, 3.63) is 59.9 Å². The molecular weight excluding hydrogens is 486 g/mol. The lowest BCUT2D eigenvalue weighted by atomic mass is 9.97. The number of amides is 2. The SMILES string of the molecule is CC1Cc2c(ncnc2Oc2ccc3c(ccn3C(=O)Nc3cc(C4CC4)on3)c2)CN1C(=O)C1CCN1. The summed E-state index contributed by atoms with van der Waals surface area (Å²) in [5.41, 5.74) is 2.46. The minimum atomic E-state index is -0.320. The van der Waals surface area contributed by atoms with Crippen LogP contribution in [0.25, 0.3) is 10.9 Å². The molecule has 4 aromatic rings. The number of benzene rings is 1. The molecular formula is C27H27N7O4. The lowest BCUT2D eigenvalue weighted by Crippen LogP contribution is -2.57. The molecule has 3 aliphatic rings. The highest BCUT2D eigenvalue weighted by Gasteiger charge is 2.36. The number of carbonyl (C=O) groups is 2. The van der Waals surface area contributed by atoms with Crippen LogP contribution in [0.1, 0.15) is 49.1 Å². The van der Waals surface area contributed by atoms with Gasteiger partial charge in [0, 0.05) is 35.2 Å². The fraction of sp³-hybridized carbons (Fsp3) is 0.370. The maximum absolute atomic E-state index is 12.9. The van der Waals surface area contributed by atoms with Gasteiger partial charge in [0.2, 0.25) is 11.8 Å². The van der Waals surface area contributed by atoms with Gasteiger partial charge in [-0.3, -0.25) is 14.7 Å². The van der Waals surface area contributed by atoms with Gasteiger partial charge in [-0.05, 0) is 63.4 Å². The van der Waals surface area contributed by atoms with Crippen LogP contribution in [0.4, 0.5) is 10.6 Å². The van der Waals surface area contributed by atoms with Gasteiger partial charge in [0.1, 0.15) is 17.8 Å². The van der Waals surface area contributed by atoms with E-state index in [-0.39, 0.29) is 24.0 Å². The molecule has 2 unspecified atom stereocenters. The average molecular weight is 514 g/mol. The molecule has 194 valence electrons. The number of rotatable bonds is 5. The zero-order chi connectivity index (χ0) is 25.8. The fourth-order valence-corrected chi connectivity index (χ4v) is 5.13. The highest BCUT2D eigenvalue weighted by molar-refractivity contribution is 5.98. The standard InChI is InChI=1S/C27H27N7O4/c1-15-10-19-21(13-34(15)26(35)20-6-8-28-20)29-14-30-25(19)37-18-4-5-22-17(11-18)7-9-33(22)27(36)31-24-12-23(38-32-24)16-2-3-16/h4-5,7,9,11-12,14-16,20,28H,2-3,6,8,10,13H2,1H3,(H,31,32,36). The molecule has 2 N–H and O–H groups in total. The first kappa shape index (κ1) is 22.9. The molecule has 2 fully saturated rings. The van der Waals surface area contributed by atoms with E-state index in [1.807, 2.05) is 36.1 Å². The number of hydrogen-bond donors (Lipinski definition) is 2. The molecule has 1 saturated heterocycles. The predicted octanol–water partition coefficient (Wildman–Crippen LogP) is 3.80. The molecule has 5 heterocycles. The van der Waals surface area contributed by atoms with Crippen LogP contribution in [0.2, 0.25) is 0 Å². The van der Waals surface area contributed by atoms with Gasteiger partial charge in [0.05, 0.1) is 23.8 Å². The summed E-state index contributed by atoms with van der Waals surface area (Å²) in [7, 11) is 0. The number of carbonyl (C=O) groups excluding carboxylic acids is 2. The fourth-order valence-electron chi connectivity index (χ4n) is 5.13. The molecule has 0 radical (unpaired) electrons. The lowest BCUT2D eigenvalue weighted by molar-refractivity contribution is -0.138. The third-order valence-corrected chi connectivity index (χ3v) is 7.59. The monoisotopic (exact) mass is 513 g/mol. The smallest absolute Gasteiger partial charge is 0.331 e. The molecule has 1 saturated carbocycles. The number of fused-ring (bicyclic) bond motifs is 2. The van der Waals surface area contributed by atoms with E-state index < -0.39 is 0 Å². The Balaban J connectivity index is 1.08. The van der Waals surface area contributed by atoms with Crippen LogP contribution in [-0.4, -0.2) is 55.2 Å². The Bertz CT molecular complexity index is 1550. The minimum absolute atomic E-state index is 0.0193. The predicted molar refractivity (Wildman–Crippen MR) is 137 cm³/mol. The summed E-state index contributed by atoms with van der Waals surface area (Å²) in [5, 5.41) is 10.8. The van der Waals surface area contributed by atoms with Gasteiger partial charge in [-0.15, -0.1) is 0 Å². The molecule has 2 atom stereocenters. The summed E-state index contributed by atoms with van der Waals surface area (Å²) in [6.07, 6.45) is 6.88. The van der Waals surface area contributed by atoms with Crippen molar-refractivity contribution in [3.8, 4) is 11.6 Å². The first-order chi connectivity index (χ1) is 18.5. The van der Waals surface area contributed by atoms with Crippen LogP contribution in [0.15, 0.2) is 47.4 Å². The van der Waals surface area contributed by atoms with Gasteiger partial charge in [-0.1, -0.05) is 5.16 Å². The van der Waals surface area contributed by atoms with Crippen LogP contribution in [-0.2, 0) is 17.8 Å². The normalized spacial score (nSPS) is 20.6. The summed E-state index contributed by atoms with van der Waals surface area (Å²) in [4.78, 5) is 36.5. The maximum Gasteiger partial charge on any atom is 0.331 e. The number of ether oxygens (including phenoxy) is 1. The Kier molecular flexibility index (Phi) is 5.39. The third kappa shape index (κ3) is 4.08. The van der Waals surface area contributed by atoms with Gasteiger partial charge in [-0.25, -0.2) is 14.8 Å². The Hall–Kier alpha value is -4.25. The summed E-state index contributed by atoms with van der Waals surface area (Å²) in [6.45, 7) is 3.37. The molecule has 3 aromatic heterocycles. The molecule has 38 heavy (non-hydrogen) atoms. The first-order valence-electron chi connectivity index (χ1n) is 13.0. The van der Waals surface area contributed by atoms with Crippen molar-refractivity contribution in [2.45, 2.75) is 57.2 Å². The first-order valence-corrected chi connectivity index (χ1v) is 13.0. The van der Waals surface area contributed by atoms with Crippen molar-refractivity contribution >= 4 is 28.7 Å². The number of aromatic nitrogens is 4. The van der Waals surface area contributed by atoms with Gasteiger partial charge in [0.15, 0.2) is 5.82 Å². The van der Waals surface area contributed by atoms with Crippen molar-refractivity contribution in [2.24, 2.45) is 0 Å². The van der Waals surface area contributed by atoms with Crippen molar-refractivity contribution < 1.29 is 18.8 Å². The highest BCUT2D eigenvalue weighted by Crippen LogP contribution is 2.40. The van der Waals surface area contributed by atoms with E-state index in [4.69, 9.17) is 9.26 Å². The lowest BCUT2D eigenvalue weighted by Gasteiger charge is -2.39.